The van der Waals surface area contributed by atoms with E-state index >= 15 is 0 Å². The third-order valence-corrected chi connectivity index (χ3v) is 10.9. The summed E-state index contributed by atoms with van der Waals surface area (Å²) in [6.07, 6.45) is 12.8. The monoisotopic (exact) mass is 656 g/mol. The molecule has 0 spiro atoms. The summed E-state index contributed by atoms with van der Waals surface area (Å²) < 4.78 is 4.74. The maximum absolute atomic E-state index is 4.75. The van der Waals surface area contributed by atoms with Gasteiger partial charge in [0.2, 0.25) is 0 Å². The molecule has 3 aromatic heterocycles. The van der Waals surface area contributed by atoms with Gasteiger partial charge < -0.3 is 14.5 Å². The maximum atomic E-state index is 4.75. The van der Waals surface area contributed by atoms with Crippen LogP contribution >= 0.6 is 0 Å². The predicted molar refractivity (Wildman–Crippen MR) is 211 cm³/mol. The van der Waals surface area contributed by atoms with Crippen molar-refractivity contribution in [1.29, 1.82) is 0 Å². The number of rotatable bonds is 4. The van der Waals surface area contributed by atoms with Gasteiger partial charge in [0.25, 0.3) is 0 Å². The number of hydrogen-bond donors (Lipinski definition) is 1. The normalized spacial score (nSPS) is 14.4. The topological polar surface area (TPSA) is 34.8 Å². The number of pyridine rings is 1. The largest absolute Gasteiger partial charge is 0.381 e. The Kier molecular flexibility index (Phi) is 6.56. The highest BCUT2D eigenvalue weighted by Gasteiger charge is 2.36. The molecule has 10 rings (SSSR count). The van der Waals surface area contributed by atoms with Crippen LogP contribution < -0.4 is 5.32 Å². The molecule has 1 aliphatic carbocycles. The maximum Gasteiger partial charge on any atom is 0.0723 e. The summed E-state index contributed by atoms with van der Waals surface area (Å²) >= 11 is 0. The highest BCUT2D eigenvalue weighted by atomic mass is 15.0. The minimum Gasteiger partial charge on any atom is -0.381 e. The van der Waals surface area contributed by atoms with Crippen LogP contribution in [0.15, 0.2) is 164 Å². The summed E-state index contributed by atoms with van der Waals surface area (Å²) in [5.74, 6) is 0. The lowest BCUT2D eigenvalue weighted by Gasteiger charge is -2.29. The van der Waals surface area contributed by atoms with Gasteiger partial charge in [-0.05, 0) is 76.4 Å². The minimum atomic E-state index is -0.287. The van der Waals surface area contributed by atoms with E-state index in [1.807, 2.05) is 12.3 Å². The van der Waals surface area contributed by atoms with Crippen molar-refractivity contribution in [1.82, 2.24) is 19.4 Å². The second-order valence-corrected chi connectivity index (χ2v) is 14.0. The number of aromatic nitrogens is 3. The molecule has 2 aliphatic rings. The van der Waals surface area contributed by atoms with Crippen LogP contribution in [0.25, 0.3) is 72.4 Å². The number of hydrogen-bond acceptors (Lipinski definition) is 2. The molecule has 4 heteroatoms. The van der Waals surface area contributed by atoms with Crippen molar-refractivity contribution in [3.8, 4) is 44.9 Å². The Morgan fingerprint density at radius 3 is 2.04 bits per heavy atom. The second-order valence-electron chi connectivity index (χ2n) is 14.0. The summed E-state index contributed by atoms with van der Waals surface area (Å²) in [5.41, 5.74) is 16.6. The van der Waals surface area contributed by atoms with Gasteiger partial charge in [-0.3, -0.25) is 4.98 Å². The van der Waals surface area contributed by atoms with Gasteiger partial charge in [0.1, 0.15) is 0 Å². The molecule has 0 atom stereocenters. The Morgan fingerprint density at radius 2 is 1.27 bits per heavy atom. The molecule has 0 amide bonds. The summed E-state index contributed by atoms with van der Waals surface area (Å²) in [5, 5.41) is 6.05. The van der Waals surface area contributed by atoms with Gasteiger partial charge in [-0.15, -0.1) is 0 Å². The van der Waals surface area contributed by atoms with Crippen LogP contribution in [0.2, 0.25) is 0 Å². The average Bonchev–Trinajstić information content (AvgIpc) is 3.81. The number of benzene rings is 5. The summed E-state index contributed by atoms with van der Waals surface area (Å²) in [6, 6.07) is 46.4. The third kappa shape index (κ3) is 4.43. The lowest BCUT2D eigenvalue weighted by molar-refractivity contribution is 0.647. The predicted octanol–water partition coefficient (Wildman–Crippen LogP) is 11.1. The first kappa shape index (κ1) is 29.5. The summed E-state index contributed by atoms with van der Waals surface area (Å²) in [7, 11) is 0. The van der Waals surface area contributed by atoms with Crippen LogP contribution in [0.5, 0.6) is 0 Å². The Bertz CT molecular complexity index is 2720. The molecule has 8 aromatic rings. The van der Waals surface area contributed by atoms with Crippen LogP contribution in [0.3, 0.4) is 0 Å². The van der Waals surface area contributed by atoms with Crippen LogP contribution in [0, 0.1) is 0 Å². The lowest BCUT2D eigenvalue weighted by Crippen LogP contribution is -2.20. The molecule has 0 fully saturated rings. The third-order valence-electron chi connectivity index (χ3n) is 10.9. The van der Waals surface area contributed by atoms with Crippen molar-refractivity contribution in [2.75, 3.05) is 6.54 Å². The number of dihydropyridines is 1. The fourth-order valence-corrected chi connectivity index (χ4v) is 8.51. The van der Waals surface area contributed by atoms with E-state index in [0.717, 1.165) is 34.9 Å². The van der Waals surface area contributed by atoms with Gasteiger partial charge in [0.15, 0.2) is 0 Å². The van der Waals surface area contributed by atoms with Crippen LogP contribution in [-0.4, -0.2) is 20.7 Å². The minimum absolute atomic E-state index is 0.287. The van der Waals surface area contributed by atoms with Gasteiger partial charge in [0, 0.05) is 63.7 Å². The molecule has 0 radical (unpaired) electrons. The first-order valence-corrected chi connectivity index (χ1v) is 17.7. The Labute approximate surface area is 297 Å². The molecule has 0 saturated heterocycles. The highest BCUT2D eigenvalue weighted by Crippen LogP contribution is 2.53. The van der Waals surface area contributed by atoms with Crippen molar-refractivity contribution in [3.63, 3.8) is 0 Å². The molecule has 244 valence electrons. The Balaban J connectivity index is 1.24. The fraction of sp³-hybridized carbons (Fsp3) is 0.0851. The quantitative estimate of drug-likeness (QED) is 0.205. The highest BCUT2D eigenvalue weighted by molar-refractivity contribution is 6.09. The van der Waals surface area contributed by atoms with Crippen molar-refractivity contribution in [3.05, 3.63) is 181 Å². The zero-order valence-electron chi connectivity index (χ0n) is 28.6. The molecule has 4 heterocycles. The smallest absolute Gasteiger partial charge is 0.0723 e. The number of fused-ring (bicyclic) bond motifs is 9. The van der Waals surface area contributed by atoms with E-state index in [1.54, 1.807) is 0 Å². The SMILES string of the molecule is CC1(C)c2ccc3c(ccn3-c3ccccc3C3=CC=CCN3)c2-c2ccccc2-c2c1ccc1ccn(-c3ccccc3-c3ccccn3)c21. The van der Waals surface area contributed by atoms with Crippen molar-refractivity contribution < 1.29 is 0 Å². The lowest BCUT2D eigenvalue weighted by atomic mass is 9.74. The summed E-state index contributed by atoms with van der Waals surface area (Å²) in [4.78, 5) is 4.75. The number of allylic oxidation sites excluding steroid dienone is 2. The Morgan fingerprint density at radius 1 is 0.608 bits per heavy atom. The Hall–Kier alpha value is -6.39. The molecule has 4 nitrogen and oxygen atoms in total. The van der Waals surface area contributed by atoms with Crippen molar-refractivity contribution >= 4 is 27.5 Å². The molecule has 0 unspecified atom stereocenters. The van der Waals surface area contributed by atoms with Crippen LogP contribution in [0.1, 0.15) is 30.5 Å². The van der Waals surface area contributed by atoms with Crippen LogP contribution in [-0.2, 0) is 5.41 Å². The van der Waals surface area contributed by atoms with Crippen molar-refractivity contribution in [2.45, 2.75) is 19.3 Å². The van der Waals surface area contributed by atoms with Gasteiger partial charge >= 0.3 is 0 Å². The first-order valence-electron chi connectivity index (χ1n) is 17.7. The molecular weight excluding hydrogens is 621 g/mol. The zero-order chi connectivity index (χ0) is 34.1. The second kappa shape index (κ2) is 11.3. The molecule has 1 aliphatic heterocycles. The molecule has 1 N–H and O–H groups in total. The van der Waals surface area contributed by atoms with E-state index in [-0.39, 0.29) is 5.41 Å². The van der Waals surface area contributed by atoms with Gasteiger partial charge in [0.05, 0.1) is 28.1 Å². The number of nitrogens with one attached hydrogen (secondary N) is 1. The van der Waals surface area contributed by atoms with E-state index in [0.29, 0.717) is 0 Å². The average molecular weight is 657 g/mol. The van der Waals surface area contributed by atoms with E-state index in [9.17, 15) is 0 Å². The van der Waals surface area contributed by atoms with Crippen LogP contribution in [0.4, 0.5) is 0 Å². The number of nitrogens with zero attached hydrogens (tertiary/aromatic N) is 3. The van der Waals surface area contributed by atoms with E-state index in [4.69, 9.17) is 4.98 Å². The van der Waals surface area contributed by atoms with E-state index < -0.39 is 0 Å². The molecule has 0 bridgehead atoms. The first-order chi connectivity index (χ1) is 25.1. The van der Waals surface area contributed by atoms with E-state index in [2.05, 4.69) is 180 Å². The standard InChI is InChI=1S/C47H36N4/c1-47(2)37-23-24-43-36(26-30-50(43)41-19-7-5-15-34(41)39-17-9-11-27-48-39)44(37)32-13-3-4-14-33(32)45-38(47)22-21-31-25-29-51(46(31)45)42-20-8-6-16-35(42)40-18-10-12-28-49-40/h3-26,28-30,48H,27H2,1-2H3. The molecular formula is C47H36N4. The molecule has 5 aromatic carbocycles. The van der Waals surface area contributed by atoms with E-state index in [1.165, 1.54) is 60.8 Å². The summed E-state index contributed by atoms with van der Waals surface area (Å²) in [6.45, 7) is 5.62. The van der Waals surface area contributed by atoms with Gasteiger partial charge in [-0.1, -0.05) is 111 Å². The van der Waals surface area contributed by atoms with Gasteiger partial charge in [-0.2, -0.15) is 0 Å². The molecule has 51 heavy (non-hydrogen) atoms. The molecule has 0 saturated carbocycles. The fourth-order valence-electron chi connectivity index (χ4n) is 8.51. The van der Waals surface area contributed by atoms with Crippen molar-refractivity contribution in [2.24, 2.45) is 0 Å². The number of para-hydroxylation sites is 2. The zero-order valence-corrected chi connectivity index (χ0v) is 28.6. The van der Waals surface area contributed by atoms with Gasteiger partial charge in [-0.25, -0.2) is 0 Å².